The molecule has 0 unspecified atom stereocenters. The molecule has 0 bridgehead atoms. The lowest BCUT2D eigenvalue weighted by atomic mass is 10.0. The number of ketones is 1. The van der Waals surface area contributed by atoms with Crippen LogP contribution in [0.25, 0.3) is 0 Å². The highest BCUT2D eigenvalue weighted by molar-refractivity contribution is 7.15. The Hall–Kier alpha value is -2.94. The van der Waals surface area contributed by atoms with Crippen LogP contribution in [0, 0.1) is 5.92 Å². The maximum Gasteiger partial charge on any atom is 0.355 e. The minimum absolute atomic E-state index is 0.0746. The maximum absolute atomic E-state index is 12.3. The van der Waals surface area contributed by atoms with Crippen LogP contribution >= 0.6 is 11.3 Å². The molecular weight excluding hydrogens is 396 g/mol. The van der Waals surface area contributed by atoms with Gasteiger partial charge in [-0.25, -0.2) is 9.59 Å². The average Bonchev–Trinajstić information content (AvgIpc) is 3.27. The largest absolute Gasteiger partial charge is 0.462 e. The zero-order valence-corrected chi connectivity index (χ0v) is 17.6. The molecule has 29 heavy (non-hydrogen) atoms. The monoisotopic (exact) mass is 420 g/mol. The number of rotatable bonds is 9. The Morgan fingerprint density at radius 2 is 1.90 bits per heavy atom. The number of nitrogens with one attached hydrogen (secondary N) is 2. The fourth-order valence-electron chi connectivity index (χ4n) is 2.59. The van der Waals surface area contributed by atoms with Gasteiger partial charge in [-0.1, -0.05) is 13.8 Å². The number of amides is 1. The Balaban J connectivity index is 2.03. The molecule has 0 fully saturated rings. The molecule has 0 aliphatic heterocycles. The van der Waals surface area contributed by atoms with E-state index in [1.54, 1.807) is 6.92 Å². The van der Waals surface area contributed by atoms with Crippen molar-refractivity contribution in [2.45, 2.75) is 34.1 Å². The van der Waals surface area contributed by atoms with E-state index in [1.165, 1.54) is 30.5 Å². The van der Waals surface area contributed by atoms with Gasteiger partial charge in [0, 0.05) is 11.8 Å². The molecule has 156 valence electrons. The predicted molar refractivity (Wildman–Crippen MR) is 109 cm³/mol. The van der Waals surface area contributed by atoms with E-state index in [0.717, 1.165) is 5.56 Å². The predicted octanol–water partition coefficient (Wildman–Crippen LogP) is 3.45. The van der Waals surface area contributed by atoms with Crippen molar-refractivity contribution in [2.75, 3.05) is 18.5 Å². The highest BCUT2D eigenvalue weighted by Gasteiger charge is 2.23. The number of hydrogen-bond donors (Lipinski definition) is 2. The number of carbonyl (C=O) groups excluding carboxylic acids is 4. The zero-order valence-electron chi connectivity index (χ0n) is 16.8. The summed E-state index contributed by atoms with van der Waals surface area (Å²) in [5.41, 5.74) is 1.56. The molecule has 8 nitrogen and oxygen atoms in total. The van der Waals surface area contributed by atoms with E-state index >= 15 is 0 Å². The molecule has 0 saturated heterocycles. The van der Waals surface area contributed by atoms with Crippen molar-refractivity contribution in [1.82, 2.24) is 4.98 Å². The molecule has 0 atom stereocenters. The van der Waals surface area contributed by atoms with E-state index in [-0.39, 0.29) is 18.1 Å². The molecule has 1 amide bonds. The Labute approximate surface area is 172 Å². The van der Waals surface area contributed by atoms with Crippen LogP contribution in [0.1, 0.15) is 64.5 Å². The van der Waals surface area contributed by atoms with Crippen molar-refractivity contribution >= 4 is 40.0 Å². The smallest absolute Gasteiger partial charge is 0.355 e. The van der Waals surface area contributed by atoms with Crippen LogP contribution in [0.15, 0.2) is 17.6 Å². The van der Waals surface area contributed by atoms with Crippen LogP contribution in [-0.4, -0.2) is 41.8 Å². The van der Waals surface area contributed by atoms with E-state index in [0.29, 0.717) is 28.5 Å². The summed E-state index contributed by atoms with van der Waals surface area (Å²) in [6.45, 7) is 6.83. The lowest BCUT2D eigenvalue weighted by molar-refractivity contribution is -0.119. The van der Waals surface area contributed by atoms with Crippen molar-refractivity contribution in [2.24, 2.45) is 5.92 Å². The first-order valence-corrected chi connectivity index (χ1v) is 10.0. The molecule has 9 heteroatoms. The number of aromatic nitrogens is 1. The number of Topliss-reactive ketones (excluding diaryl/α,β-unsaturated/α-hetero) is 1. The summed E-state index contributed by atoms with van der Waals surface area (Å²) < 4.78 is 10.1. The fraction of sp³-hybridized carbons (Fsp3) is 0.400. The Morgan fingerprint density at radius 1 is 1.17 bits per heavy atom. The van der Waals surface area contributed by atoms with Gasteiger partial charge in [-0.2, -0.15) is 0 Å². The van der Waals surface area contributed by atoms with Crippen molar-refractivity contribution < 1.29 is 28.7 Å². The van der Waals surface area contributed by atoms with Gasteiger partial charge in [0.15, 0.2) is 12.4 Å². The normalized spacial score (nSPS) is 10.7. The third-order valence-electron chi connectivity index (χ3n) is 3.87. The van der Waals surface area contributed by atoms with Gasteiger partial charge in [-0.05, 0) is 43.2 Å². The van der Waals surface area contributed by atoms with Gasteiger partial charge in [0.1, 0.15) is 10.7 Å². The third-order valence-corrected chi connectivity index (χ3v) is 4.82. The standard InChI is InChI=1S/C20H24N2O6S/c1-5-27-20(26)17-14(6-11(2)3)10-29-18(17)22-16(24)9-28-19(25)15-7-13(8-21-15)12(4)23/h7-8,10-11,21H,5-6,9H2,1-4H3,(H,22,24). The number of H-pyrrole nitrogens is 1. The van der Waals surface area contributed by atoms with Crippen molar-refractivity contribution in [1.29, 1.82) is 0 Å². The van der Waals surface area contributed by atoms with Crippen LogP contribution < -0.4 is 5.32 Å². The van der Waals surface area contributed by atoms with E-state index < -0.39 is 24.5 Å². The number of esters is 2. The van der Waals surface area contributed by atoms with Crippen LogP contribution in [0.4, 0.5) is 5.00 Å². The van der Waals surface area contributed by atoms with Crippen molar-refractivity contribution in [3.8, 4) is 0 Å². The number of hydrogen-bond acceptors (Lipinski definition) is 7. The molecular formula is C20H24N2O6S. The second-order valence-electron chi connectivity index (χ2n) is 6.77. The SMILES string of the molecule is CCOC(=O)c1c(CC(C)C)csc1NC(=O)COC(=O)c1cc(C(C)=O)c[nH]1. The summed E-state index contributed by atoms with van der Waals surface area (Å²) >= 11 is 1.22. The molecule has 2 rings (SSSR count). The second kappa shape index (κ2) is 10.0. The number of aromatic amines is 1. The van der Waals surface area contributed by atoms with Crippen LogP contribution in [0.5, 0.6) is 0 Å². The second-order valence-corrected chi connectivity index (χ2v) is 7.65. The number of ether oxygens (including phenoxy) is 2. The Bertz CT molecular complexity index is 912. The molecule has 2 heterocycles. The summed E-state index contributed by atoms with van der Waals surface area (Å²) in [5.74, 6) is -1.72. The quantitative estimate of drug-likeness (QED) is 0.474. The van der Waals surface area contributed by atoms with Crippen LogP contribution in [0.2, 0.25) is 0 Å². The highest BCUT2D eigenvalue weighted by atomic mass is 32.1. The summed E-state index contributed by atoms with van der Waals surface area (Å²) in [6.07, 6.45) is 2.06. The minimum atomic E-state index is -0.759. The van der Waals surface area contributed by atoms with E-state index in [4.69, 9.17) is 9.47 Å². The first kappa shape index (κ1) is 22.4. The van der Waals surface area contributed by atoms with Crippen LogP contribution in [-0.2, 0) is 20.7 Å². The minimum Gasteiger partial charge on any atom is -0.462 e. The van der Waals surface area contributed by atoms with E-state index in [9.17, 15) is 19.2 Å². The molecule has 0 saturated carbocycles. The van der Waals surface area contributed by atoms with E-state index in [1.807, 2.05) is 19.2 Å². The summed E-state index contributed by atoms with van der Waals surface area (Å²) in [5, 5.41) is 4.79. The third kappa shape index (κ3) is 6.02. The molecule has 2 N–H and O–H groups in total. The number of carbonyl (C=O) groups is 4. The van der Waals surface area contributed by atoms with E-state index in [2.05, 4.69) is 10.3 Å². The van der Waals surface area contributed by atoms with Crippen LogP contribution in [0.3, 0.4) is 0 Å². The first-order chi connectivity index (χ1) is 13.7. The first-order valence-electron chi connectivity index (χ1n) is 9.16. The Kier molecular flexibility index (Phi) is 7.72. The zero-order chi connectivity index (χ0) is 21.6. The number of anilines is 1. The molecule has 0 aliphatic rings. The van der Waals surface area contributed by atoms with Crippen molar-refractivity contribution in [3.05, 3.63) is 40.0 Å². The highest BCUT2D eigenvalue weighted by Crippen LogP contribution is 2.31. The van der Waals surface area contributed by atoms with Crippen molar-refractivity contribution in [3.63, 3.8) is 0 Å². The lowest BCUT2D eigenvalue weighted by Crippen LogP contribution is -2.22. The molecule has 0 aromatic carbocycles. The summed E-state index contributed by atoms with van der Waals surface area (Å²) in [6, 6.07) is 1.36. The van der Waals surface area contributed by atoms with Gasteiger partial charge < -0.3 is 19.8 Å². The summed E-state index contributed by atoms with van der Waals surface area (Å²) in [7, 11) is 0. The fourth-order valence-corrected chi connectivity index (χ4v) is 3.57. The van der Waals surface area contributed by atoms with Gasteiger partial charge in [-0.15, -0.1) is 11.3 Å². The van der Waals surface area contributed by atoms with Gasteiger partial charge in [0.05, 0.1) is 12.2 Å². The topological polar surface area (TPSA) is 115 Å². The molecule has 2 aromatic rings. The van der Waals surface area contributed by atoms with Gasteiger partial charge in [0.25, 0.3) is 5.91 Å². The summed E-state index contributed by atoms with van der Waals surface area (Å²) in [4.78, 5) is 50.5. The Morgan fingerprint density at radius 3 is 2.48 bits per heavy atom. The maximum atomic E-state index is 12.3. The van der Waals surface area contributed by atoms with Gasteiger partial charge >= 0.3 is 11.9 Å². The molecule has 2 aromatic heterocycles. The van der Waals surface area contributed by atoms with Gasteiger partial charge in [0.2, 0.25) is 0 Å². The molecule has 0 radical (unpaired) electrons. The molecule has 0 spiro atoms. The number of thiophene rings is 1. The lowest BCUT2D eigenvalue weighted by Gasteiger charge is -2.10. The average molecular weight is 420 g/mol. The molecule has 0 aliphatic carbocycles. The van der Waals surface area contributed by atoms with Gasteiger partial charge in [-0.3, -0.25) is 9.59 Å².